The van der Waals surface area contributed by atoms with Gasteiger partial charge in [-0.1, -0.05) is 42.5 Å². The van der Waals surface area contributed by atoms with Crippen molar-refractivity contribution in [1.29, 1.82) is 0 Å². The predicted octanol–water partition coefficient (Wildman–Crippen LogP) is 5.14. The van der Waals surface area contributed by atoms with E-state index in [1.54, 1.807) is 11.8 Å². The Morgan fingerprint density at radius 2 is 1.78 bits per heavy atom. The molecule has 0 N–H and O–H groups in total. The molecule has 0 radical (unpaired) electrons. The number of hydrogen-bond acceptors (Lipinski definition) is 3. The molecule has 3 aromatic rings. The van der Waals surface area contributed by atoms with Gasteiger partial charge < -0.3 is 9.64 Å². The van der Waals surface area contributed by atoms with Crippen LogP contribution in [0.4, 0.5) is 5.69 Å². The lowest BCUT2D eigenvalue weighted by Gasteiger charge is -2.37. The van der Waals surface area contributed by atoms with E-state index in [0.29, 0.717) is 0 Å². The summed E-state index contributed by atoms with van der Waals surface area (Å²) in [6, 6.07) is 21.1. The van der Waals surface area contributed by atoms with Crippen molar-refractivity contribution < 1.29 is 4.74 Å². The second kappa shape index (κ2) is 4.56. The number of rotatable bonds is 0. The predicted molar refractivity (Wildman–Crippen MR) is 97.0 cm³/mol. The van der Waals surface area contributed by atoms with Crippen LogP contribution in [0.5, 0.6) is 5.75 Å². The minimum Gasteiger partial charge on any atom is -0.454 e. The average Bonchev–Trinajstić information content (AvgIpc) is 2.87. The lowest BCUT2D eigenvalue weighted by Crippen LogP contribution is -2.45. The molecule has 0 fully saturated rings. The van der Waals surface area contributed by atoms with E-state index in [2.05, 4.69) is 84.8 Å². The maximum atomic E-state index is 6.49. The van der Waals surface area contributed by atoms with E-state index >= 15 is 0 Å². The maximum Gasteiger partial charge on any atom is 0.256 e. The molecule has 1 unspecified atom stereocenters. The lowest BCUT2D eigenvalue weighted by atomic mass is 10.0. The van der Waals surface area contributed by atoms with Gasteiger partial charge in [-0.05, 0) is 52.9 Å². The molecule has 0 bridgehead atoms. The summed E-state index contributed by atoms with van der Waals surface area (Å²) in [5.41, 5.74) is 2.38. The monoisotopic (exact) mass is 317 g/mol. The SMILES string of the molecule is CN1c2ccccc2SC12C=Cc1c(ccc3ccccc13)O2. The van der Waals surface area contributed by atoms with Gasteiger partial charge in [-0.15, -0.1) is 0 Å². The first-order valence-corrected chi connectivity index (χ1v) is 8.50. The van der Waals surface area contributed by atoms with E-state index < -0.39 is 5.06 Å². The number of ether oxygens (including phenoxy) is 1. The number of likely N-dealkylation sites (N-methyl/N-ethyl adjacent to an activating group) is 1. The Morgan fingerprint density at radius 1 is 0.957 bits per heavy atom. The molecule has 2 heterocycles. The summed E-state index contributed by atoms with van der Waals surface area (Å²) in [4.78, 5) is 3.46. The molecule has 2 aliphatic rings. The third-order valence-corrected chi connectivity index (χ3v) is 5.95. The summed E-state index contributed by atoms with van der Waals surface area (Å²) >= 11 is 1.75. The molecule has 3 aromatic carbocycles. The van der Waals surface area contributed by atoms with Crippen LogP contribution in [0.3, 0.4) is 0 Å². The van der Waals surface area contributed by atoms with E-state index in [1.807, 2.05) is 0 Å². The average molecular weight is 317 g/mol. The van der Waals surface area contributed by atoms with E-state index in [9.17, 15) is 0 Å². The van der Waals surface area contributed by atoms with Crippen molar-refractivity contribution in [2.24, 2.45) is 0 Å². The topological polar surface area (TPSA) is 12.5 Å². The van der Waals surface area contributed by atoms with Gasteiger partial charge in [0.15, 0.2) is 0 Å². The van der Waals surface area contributed by atoms with Crippen molar-refractivity contribution in [2.75, 3.05) is 11.9 Å². The zero-order valence-electron chi connectivity index (χ0n) is 12.7. The van der Waals surface area contributed by atoms with Gasteiger partial charge in [0, 0.05) is 17.5 Å². The number of fused-ring (bicyclic) bond motifs is 4. The Labute approximate surface area is 139 Å². The Balaban J connectivity index is 1.65. The summed E-state index contributed by atoms with van der Waals surface area (Å²) in [5, 5.41) is 1.99. The molecular formula is C20H15NOS. The highest BCUT2D eigenvalue weighted by Crippen LogP contribution is 2.53. The van der Waals surface area contributed by atoms with Gasteiger partial charge in [-0.25, -0.2) is 0 Å². The molecular weight excluding hydrogens is 302 g/mol. The third-order valence-electron chi connectivity index (χ3n) is 4.60. The van der Waals surface area contributed by atoms with Crippen molar-refractivity contribution >= 4 is 34.3 Å². The fourth-order valence-corrected chi connectivity index (χ4v) is 4.64. The minimum absolute atomic E-state index is 0.487. The Kier molecular flexibility index (Phi) is 2.59. The zero-order valence-corrected chi connectivity index (χ0v) is 13.5. The minimum atomic E-state index is -0.487. The number of anilines is 1. The summed E-state index contributed by atoms with van der Waals surface area (Å²) in [7, 11) is 2.09. The first-order chi connectivity index (χ1) is 11.3. The Morgan fingerprint density at radius 3 is 2.70 bits per heavy atom. The van der Waals surface area contributed by atoms with Gasteiger partial charge in [0.2, 0.25) is 0 Å². The van der Waals surface area contributed by atoms with Crippen molar-refractivity contribution in [3.63, 3.8) is 0 Å². The number of nitrogens with zero attached hydrogens (tertiary/aromatic N) is 1. The highest BCUT2D eigenvalue weighted by Gasteiger charge is 2.45. The summed E-state index contributed by atoms with van der Waals surface area (Å²) in [6.07, 6.45) is 4.38. The third kappa shape index (κ3) is 1.77. The van der Waals surface area contributed by atoms with Crippen LogP contribution in [0.15, 0.2) is 71.6 Å². The molecule has 23 heavy (non-hydrogen) atoms. The molecule has 112 valence electrons. The number of para-hydroxylation sites is 1. The quantitative estimate of drug-likeness (QED) is 0.569. The first-order valence-electron chi connectivity index (χ1n) is 7.69. The smallest absolute Gasteiger partial charge is 0.256 e. The van der Waals surface area contributed by atoms with Gasteiger partial charge in [0.1, 0.15) is 5.75 Å². The summed E-state index contributed by atoms with van der Waals surface area (Å²) < 4.78 is 6.49. The molecule has 3 heteroatoms. The van der Waals surface area contributed by atoms with Crippen LogP contribution in [0.2, 0.25) is 0 Å². The van der Waals surface area contributed by atoms with Crippen molar-refractivity contribution in [1.82, 2.24) is 0 Å². The molecule has 0 amide bonds. The molecule has 1 spiro atoms. The van der Waals surface area contributed by atoms with Crippen LogP contribution in [0, 0.1) is 0 Å². The molecule has 2 nitrogen and oxygen atoms in total. The van der Waals surface area contributed by atoms with Crippen LogP contribution in [0.25, 0.3) is 16.8 Å². The summed E-state index contributed by atoms with van der Waals surface area (Å²) in [5.74, 6) is 0.943. The van der Waals surface area contributed by atoms with E-state index in [4.69, 9.17) is 4.74 Å². The molecule has 0 aromatic heterocycles. The van der Waals surface area contributed by atoms with E-state index in [1.165, 1.54) is 26.9 Å². The van der Waals surface area contributed by atoms with Crippen LogP contribution in [0.1, 0.15) is 5.56 Å². The van der Waals surface area contributed by atoms with Crippen molar-refractivity contribution in [3.8, 4) is 5.75 Å². The molecule has 5 rings (SSSR count). The van der Waals surface area contributed by atoms with E-state index in [0.717, 1.165) is 5.75 Å². The fourth-order valence-electron chi connectivity index (χ4n) is 3.37. The highest BCUT2D eigenvalue weighted by molar-refractivity contribution is 8.01. The molecule has 1 atom stereocenters. The van der Waals surface area contributed by atoms with Crippen molar-refractivity contribution in [2.45, 2.75) is 9.95 Å². The lowest BCUT2D eigenvalue weighted by molar-refractivity contribution is 0.216. The van der Waals surface area contributed by atoms with Gasteiger partial charge in [0.05, 0.1) is 5.69 Å². The number of thioether (sulfide) groups is 1. The highest BCUT2D eigenvalue weighted by atomic mass is 32.2. The van der Waals surface area contributed by atoms with Crippen molar-refractivity contribution in [3.05, 3.63) is 72.3 Å². The number of hydrogen-bond donors (Lipinski definition) is 0. The van der Waals surface area contributed by atoms with Gasteiger partial charge >= 0.3 is 0 Å². The normalized spacial score (nSPS) is 21.3. The van der Waals surface area contributed by atoms with Gasteiger partial charge in [-0.2, -0.15) is 0 Å². The van der Waals surface area contributed by atoms with Gasteiger partial charge in [0.25, 0.3) is 5.06 Å². The maximum absolute atomic E-state index is 6.49. The zero-order chi connectivity index (χ0) is 15.4. The van der Waals surface area contributed by atoms with Crippen LogP contribution >= 0.6 is 11.8 Å². The molecule has 0 saturated heterocycles. The Hall–Kier alpha value is -2.39. The Bertz CT molecular complexity index is 965. The first kappa shape index (κ1) is 13.1. The number of benzene rings is 3. The standard InChI is InChI=1S/C20H15NOS/c1-21-17-8-4-5-9-19(17)23-20(21)13-12-16-15-7-3-2-6-14(15)10-11-18(16)22-20/h2-13H,1H3. The van der Waals surface area contributed by atoms with Gasteiger partial charge in [-0.3, -0.25) is 0 Å². The van der Waals surface area contributed by atoms with Crippen LogP contribution in [-0.2, 0) is 0 Å². The van der Waals surface area contributed by atoms with Crippen LogP contribution < -0.4 is 9.64 Å². The second-order valence-electron chi connectivity index (χ2n) is 5.89. The molecule has 0 aliphatic carbocycles. The van der Waals surface area contributed by atoms with Crippen LogP contribution in [-0.4, -0.2) is 12.1 Å². The molecule has 2 aliphatic heterocycles. The second-order valence-corrected chi connectivity index (χ2v) is 7.12. The van der Waals surface area contributed by atoms with E-state index in [-0.39, 0.29) is 0 Å². The fraction of sp³-hybridized carbons (Fsp3) is 0.100. The largest absolute Gasteiger partial charge is 0.454 e. The molecule has 0 saturated carbocycles. The summed E-state index contributed by atoms with van der Waals surface area (Å²) in [6.45, 7) is 0.